The monoisotopic (exact) mass is 578 g/mol. The lowest BCUT2D eigenvalue weighted by molar-refractivity contribution is -0.123. The molecule has 40 heavy (non-hydrogen) atoms. The molecule has 1 aliphatic carbocycles. The van der Waals surface area contributed by atoms with E-state index in [9.17, 15) is 14.0 Å². The van der Waals surface area contributed by atoms with Gasteiger partial charge in [0, 0.05) is 22.3 Å². The van der Waals surface area contributed by atoms with Gasteiger partial charge in [0.25, 0.3) is 5.91 Å². The van der Waals surface area contributed by atoms with E-state index in [-0.39, 0.29) is 22.5 Å². The number of amides is 2. The fourth-order valence-corrected chi connectivity index (χ4v) is 5.80. The molecule has 0 spiro atoms. The van der Waals surface area contributed by atoms with E-state index in [0.29, 0.717) is 33.3 Å². The predicted octanol–water partition coefficient (Wildman–Crippen LogP) is 6.64. The first-order chi connectivity index (χ1) is 19.4. The van der Waals surface area contributed by atoms with Crippen molar-refractivity contribution in [3.63, 3.8) is 0 Å². The van der Waals surface area contributed by atoms with E-state index >= 15 is 0 Å². The quantitative estimate of drug-likeness (QED) is 0.244. The van der Waals surface area contributed by atoms with Gasteiger partial charge in [-0.25, -0.2) is 4.39 Å². The molecule has 10 heteroatoms. The molecular weight excluding hydrogens is 551 g/mol. The minimum absolute atomic E-state index is 0.0361. The van der Waals surface area contributed by atoms with Crippen LogP contribution in [0.15, 0.2) is 72.8 Å². The van der Waals surface area contributed by atoms with Crippen LogP contribution in [0.25, 0.3) is 11.3 Å². The highest BCUT2D eigenvalue weighted by Crippen LogP contribution is 2.37. The number of halogens is 2. The fraction of sp³-hybridized carbons (Fsp3) is 0.233. The molecule has 4 aromatic rings. The molecule has 1 saturated carbocycles. The van der Waals surface area contributed by atoms with Gasteiger partial charge >= 0.3 is 0 Å². The summed E-state index contributed by atoms with van der Waals surface area (Å²) in [5, 5.41) is 3.65. The van der Waals surface area contributed by atoms with Gasteiger partial charge in [-0.15, -0.1) is 0 Å². The van der Waals surface area contributed by atoms with Crippen molar-refractivity contribution in [1.82, 2.24) is 9.69 Å². The van der Waals surface area contributed by atoms with Gasteiger partial charge in [-0.2, -0.15) is 4.37 Å². The number of nitrogens with one attached hydrogen (secondary N) is 1. The molecule has 0 unspecified atom stereocenters. The Morgan fingerprint density at radius 3 is 2.33 bits per heavy atom. The highest BCUT2D eigenvalue weighted by atomic mass is 35.5. The van der Waals surface area contributed by atoms with Crippen molar-refractivity contribution in [3.05, 3.63) is 94.1 Å². The molecule has 1 aliphatic rings. The summed E-state index contributed by atoms with van der Waals surface area (Å²) < 4.78 is 23.2. The van der Waals surface area contributed by atoms with Gasteiger partial charge in [-0.1, -0.05) is 36.6 Å². The number of nitrogens with two attached hydrogens (primary N) is 1. The maximum Gasteiger partial charge on any atom is 0.273 e. The van der Waals surface area contributed by atoms with Gasteiger partial charge in [-0.3, -0.25) is 14.5 Å². The van der Waals surface area contributed by atoms with Crippen LogP contribution in [0.5, 0.6) is 5.75 Å². The standard InChI is InChI=1S/C30H28ClFN4O3S/c1-39-24-16-8-19(9-17-24)27(29(37)34-22-4-2-3-5-22)36(23-14-10-20(31)11-15-23)30(38)28-25(33)26(35-40-28)18-6-12-21(32)13-7-18/h6-17,22,27H,2-5,33H2,1H3,(H,34,37)/t27-/m1/s1. The van der Waals surface area contributed by atoms with Crippen molar-refractivity contribution in [3.8, 4) is 17.0 Å². The Kier molecular flexibility index (Phi) is 8.32. The molecule has 0 saturated heterocycles. The lowest BCUT2D eigenvalue weighted by Crippen LogP contribution is -2.46. The molecule has 7 nitrogen and oxygen atoms in total. The van der Waals surface area contributed by atoms with Gasteiger partial charge in [0.1, 0.15) is 28.2 Å². The number of aromatic nitrogens is 1. The van der Waals surface area contributed by atoms with Crippen LogP contribution >= 0.6 is 23.1 Å². The average Bonchev–Trinajstić information content (AvgIpc) is 3.62. The Balaban J connectivity index is 1.61. The molecule has 1 aromatic heterocycles. The maximum atomic E-state index is 14.3. The summed E-state index contributed by atoms with van der Waals surface area (Å²) in [7, 11) is 1.56. The molecule has 2 amide bonds. The molecule has 0 radical (unpaired) electrons. The van der Waals surface area contributed by atoms with Gasteiger partial charge in [0.05, 0.1) is 12.8 Å². The van der Waals surface area contributed by atoms with Crippen molar-refractivity contribution in [2.24, 2.45) is 0 Å². The molecule has 3 aromatic carbocycles. The molecular formula is C30H28ClFN4O3S. The smallest absolute Gasteiger partial charge is 0.273 e. The summed E-state index contributed by atoms with van der Waals surface area (Å²) in [6.45, 7) is 0. The fourth-order valence-electron chi connectivity index (χ4n) is 4.92. The normalized spacial score (nSPS) is 14.1. The third-order valence-electron chi connectivity index (χ3n) is 7.00. The molecule has 1 fully saturated rings. The van der Waals surface area contributed by atoms with Gasteiger partial charge in [0.2, 0.25) is 5.91 Å². The van der Waals surface area contributed by atoms with E-state index in [1.807, 2.05) is 0 Å². The van der Waals surface area contributed by atoms with Crippen molar-refractivity contribution >= 4 is 46.3 Å². The second kappa shape index (κ2) is 12.1. The number of carbonyl (C=O) groups excluding carboxylic acids is 2. The number of hydrogen-bond donors (Lipinski definition) is 2. The summed E-state index contributed by atoms with van der Waals surface area (Å²) >= 11 is 7.11. The van der Waals surface area contributed by atoms with Crippen LogP contribution in [0, 0.1) is 5.82 Å². The number of anilines is 2. The SMILES string of the molecule is COc1ccc([C@H](C(=O)NC2CCCC2)N(C(=O)c2snc(-c3ccc(F)cc3)c2N)c2ccc(Cl)cc2)cc1. The second-order valence-electron chi connectivity index (χ2n) is 9.60. The molecule has 1 atom stereocenters. The van der Waals surface area contributed by atoms with Crippen LogP contribution < -0.4 is 20.7 Å². The van der Waals surface area contributed by atoms with Crippen molar-refractivity contribution in [2.45, 2.75) is 37.8 Å². The van der Waals surface area contributed by atoms with E-state index in [1.165, 1.54) is 17.0 Å². The number of nitrogen functional groups attached to an aromatic ring is 1. The summed E-state index contributed by atoms with van der Waals surface area (Å²) in [6.07, 6.45) is 3.86. The number of nitrogens with zero attached hydrogens (tertiary/aromatic N) is 2. The van der Waals surface area contributed by atoms with Gasteiger partial charge in [0.15, 0.2) is 0 Å². The Bertz CT molecular complexity index is 1490. The molecule has 0 aliphatic heterocycles. The first kappa shape index (κ1) is 27.6. The van der Waals surface area contributed by atoms with Crippen molar-refractivity contribution in [2.75, 3.05) is 17.7 Å². The number of carbonyl (C=O) groups is 2. The zero-order valence-electron chi connectivity index (χ0n) is 21.8. The number of hydrogen-bond acceptors (Lipinski definition) is 6. The molecule has 1 heterocycles. The highest BCUT2D eigenvalue weighted by Gasteiger charge is 2.36. The number of ether oxygens (including phenoxy) is 1. The summed E-state index contributed by atoms with van der Waals surface area (Å²) in [6, 6.07) is 18.5. The summed E-state index contributed by atoms with van der Waals surface area (Å²) in [5.41, 5.74) is 8.65. The molecule has 206 valence electrons. The maximum absolute atomic E-state index is 14.3. The van der Waals surface area contributed by atoms with E-state index in [2.05, 4.69) is 9.69 Å². The summed E-state index contributed by atoms with van der Waals surface area (Å²) in [5.74, 6) is -0.563. The van der Waals surface area contributed by atoms with Crippen LogP contribution in [0.3, 0.4) is 0 Å². The first-order valence-corrected chi connectivity index (χ1v) is 14.1. The van der Waals surface area contributed by atoms with E-state index in [4.69, 9.17) is 22.1 Å². The minimum atomic E-state index is -1.02. The van der Waals surface area contributed by atoms with Crippen LogP contribution in [-0.4, -0.2) is 29.3 Å². The molecule has 3 N–H and O–H groups in total. The summed E-state index contributed by atoms with van der Waals surface area (Å²) in [4.78, 5) is 29.9. The second-order valence-corrected chi connectivity index (χ2v) is 10.8. The van der Waals surface area contributed by atoms with Crippen LogP contribution in [0.2, 0.25) is 5.02 Å². The topological polar surface area (TPSA) is 97.5 Å². The van der Waals surface area contributed by atoms with Gasteiger partial charge in [-0.05, 0) is 90.6 Å². The first-order valence-electron chi connectivity index (χ1n) is 12.9. The third-order valence-corrected chi connectivity index (χ3v) is 8.11. The average molecular weight is 579 g/mol. The zero-order valence-corrected chi connectivity index (χ0v) is 23.3. The van der Waals surface area contributed by atoms with E-state index in [1.54, 1.807) is 67.8 Å². The number of methoxy groups -OCH3 is 1. The lowest BCUT2D eigenvalue weighted by Gasteiger charge is -2.32. The lowest BCUT2D eigenvalue weighted by atomic mass is 10.0. The minimum Gasteiger partial charge on any atom is -0.497 e. The molecule has 5 rings (SSSR count). The van der Waals surface area contributed by atoms with Gasteiger partial charge < -0.3 is 15.8 Å². The Morgan fingerprint density at radius 1 is 1.05 bits per heavy atom. The van der Waals surface area contributed by atoms with Crippen LogP contribution in [0.1, 0.15) is 47.0 Å². The van der Waals surface area contributed by atoms with E-state index in [0.717, 1.165) is 37.2 Å². The largest absolute Gasteiger partial charge is 0.497 e. The third kappa shape index (κ3) is 5.80. The van der Waals surface area contributed by atoms with Crippen LogP contribution in [0.4, 0.5) is 15.8 Å². The predicted molar refractivity (Wildman–Crippen MR) is 156 cm³/mol. The van der Waals surface area contributed by atoms with Crippen molar-refractivity contribution in [1.29, 1.82) is 0 Å². The Labute approximate surface area is 240 Å². The number of rotatable bonds is 8. The van der Waals surface area contributed by atoms with E-state index < -0.39 is 17.8 Å². The Morgan fingerprint density at radius 2 is 1.70 bits per heavy atom. The Hall–Kier alpha value is -3.95. The highest BCUT2D eigenvalue weighted by molar-refractivity contribution is 7.09. The number of benzene rings is 3. The molecule has 0 bridgehead atoms. The van der Waals surface area contributed by atoms with Crippen LogP contribution in [-0.2, 0) is 4.79 Å². The van der Waals surface area contributed by atoms with Crippen molar-refractivity contribution < 1.29 is 18.7 Å². The zero-order chi connectivity index (χ0) is 28.2.